The second-order valence-corrected chi connectivity index (χ2v) is 12.5. The summed E-state index contributed by atoms with van der Waals surface area (Å²) in [7, 11) is 1.67. The summed E-state index contributed by atoms with van der Waals surface area (Å²) in [5.74, 6) is -0.852. The van der Waals surface area contributed by atoms with E-state index in [2.05, 4.69) is 27.7 Å². The molecule has 35 heavy (non-hydrogen) atoms. The molecular weight excluding hydrogens is 448 g/mol. The number of nitrogens with zero attached hydrogens (tertiary/aromatic N) is 2. The maximum Gasteiger partial charge on any atom is 0.338 e. The minimum atomic E-state index is -0.511. The van der Waals surface area contributed by atoms with E-state index < -0.39 is 23.0 Å². The summed E-state index contributed by atoms with van der Waals surface area (Å²) in [5.41, 5.74) is -0.832. The van der Waals surface area contributed by atoms with Gasteiger partial charge in [-0.25, -0.2) is 9.59 Å². The molecule has 1 N–H and O–H groups in total. The first kappa shape index (κ1) is 27.6. The molecule has 0 saturated carbocycles. The average Bonchev–Trinajstić information content (AvgIpc) is 2.70. The molecular formula is C27H42N2O6. The molecule has 0 spiro atoms. The van der Waals surface area contributed by atoms with E-state index in [0.717, 1.165) is 0 Å². The molecule has 2 aliphatic heterocycles. The molecule has 0 unspecified atom stereocenters. The molecule has 0 aliphatic carbocycles. The minimum absolute atomic E-state index is 0.243. The SMILES string of the molecule is CON1C(C)(C)CC(OC(=O)c2ccc(C(=O)OC3CC(C)(C)N(O)C(C)(C)C3)cc2)CC1(C)C. The maximum atomic E-state index is 12.8. The molecule has 1 aromatic rings. The monoisotopic (exact) mass is 490 g/mol. The Bertz CT molecular complexity index is 901. The van der Waals surface area contributed by atoms with Gasteiger partial charge in [0.1, 0.15) is 12.2 Å². The number of hydrogen-bond acceptors (Lipinski definition) is 8. The van der Waals surface area contributed by atoms with Crippen LogP contribution in [0, 0.1) is 0 Å². The fourth-order valence-corrected chi connectivity index (χ4v) is 6.19. The molecule has 0 radical (unpaired) electrons. The van der Waals surface area contributed by atoms with E-state index in [1.54, 1.807) is 31.4 Å². The van der Waals surface area contributed by atoms with Crippen molar-refractivity contribution in [3.05, 3.63) is 35.4 Å². The summed E-state index contributed by atoms with van der Waals surface area (Å²) in [6.07, 6.45) is 1.80. The molecule has 2 saturated heterocycles. The van der Waals surface area contributed by atoms with Gasteiger partial charge in [-0.05, 0) is 79.7 Å². The van der Waals surface area contributed by atoms with Crippen LogP contribution in [-0.4, -0.2) is 68.7 Å². The Morgan fingerprint density at radius 2 is 1.03 bits per heavy atom. The second-order valence-electron chi connectivity index (χ2n) is 12.5. The van der Waals surface area contributed by atoms with Crippen LogP contribution in [0.3, 0.4) is 0 Å². The van der Waals surface area contributed by atoms with Crippen molar-refractivity contribution in [2.24, 2.45) is 0 Å². The Morgan fingerprint density at radius 1 is 0.714 bits per heavy atom. The van der Waals surface area contributed by atoms with Crippen LogP contribution < -0.4 is 0 Å². The molecule has 8 heteroatoms. The third-order valence-electron chi connectivity index (χ3n) is 7.24. The molecule has 2 aliphatic rings. The van der Waals surface area contributed by atoms with Gasteiger partial charge in [-0.2, -0.15) is 10.1 Å². The van der Waals surface area contributed by atoms with E-state index in [0.29, 0.717) is 36.8 Å². The Morgan fingerprint density at radius 3 is 1.34 bits per heavy atom. The Balaban J connectivity index is 1.63. The van der Waals surface area contributed by atoms with Gasteiger partial charge in [0.25, 0.3) is 0 Å². The molecule has 0 aromatic heterocycles. The third-order valence-corrected chi connectivity index (χ3v) is 7.24. The fraction of sp³-hybridized carbons (Fsp3) is 0.704. The lowest BCUT2D eigenvalue weighted by Crippen LogP contribution is -2.61. The highest BCUT2D eigenvalue weighted by Gasteiger charge is 2.48. The largest absolute Gasteiger partial charge is 0.459 e. The lowest BCUT2D eigenvalue weighted by Gasteiger charge is -2.52. The van der Waals surface area contributed by atoms with Crippen molar-refractivity contribution in [1.29, 1.82) is 0 Å². The smallest absolute Gasteiger partial charge is 0.338 e. The molecule has 2 fully saturated rings. The lowest BCUT2D eigenvalue weighted by atomic mass is 9.80. The summed E-state index contributed by atoms with van der Waals surface area (Å²) in [6, 6.07) is 6.39. The van der Waals surface area contributed by atoms with Crippen molar-refractivity contribution in [3.8, 4) is 0 Å². The van der Waals surface area contributed by atoms with Crippen molar-refractivity contribution in [3.63, 3.8) is 0 Å². The van der Waals surface area contributed by atoms with Gasteiger partial charge in [0.05, 0.1) is 18.2 Å². The van der Waals surface area contributed by atoms with Crippen LogP contribution in [0.2, 0.25) is 0 Å². The summed E-state index contributed by atoms with van der Waals surface area (Å²) < 4.78 is 11.6. The van der Waals surface area contributed by atoms with Gasteiger partial charge in [0, 0.05) is 47.8 Å². The predicted molar refractivity (Wildman–Crippen MR) is 132 cm³/mol. The second kappa shape index (κ2) is 9.47. The number of carbonyl (C=O) groups excluding carboxylic acids is 2. The van der Waals surface area contributed by atoms with Crippen LogP contribution in [0.5, 0.6) is 0 Å². The Kier molecular flexibility index (Phi) is 7.46. The van der Waals surface area contributed by atoms with Crippen LogP contribution >= 0.6 is 0 Å². The highest BCUT2D eigenvalue weighted by atomic mass is 16.7. The van der Waals surface area contributed by atoms with E-state index in [1.165, 1.54) is 5.06 Å². The van der Waals surface area contributed by atoms with Crippen LogP contribution in [0.1, 0.15) is 102 Å². The van der Waals surface area contributed by atoms with E-state index in [4.69, 9.17) is 14.3 Å². The molecule has 0 atom stereocenters. The standard InChI is InChI=1S/C27H42N2O6/c1-24(2)14-20(15-25(3,4)28(24)32)34-22(30)18-10-12-19(13-11-18)23(31)35-21-16-26(5,6)29(33-9)27(7,8)17-21/h10-13,20-21,32H,14-17H2,1-9H3. The number of hydroxylamine groups is 4. The molecule has 0 bridgehead atoms. The zero-order valence-corrected chi connectivity index (χ0v) is 22.7. The summed E-state index contributed by atoms with van der Waals surface area (Å²) >= 11 is 0. The van der Waals surface area contributed by atoms with Crippen molar-refractivity contribution < 1.29 is 29.1 Å². The normalized spacial score (nSPS) is 24.6. The molecule has 3 rings (SSSR count). The van der Waals surface area contributed by atoms with Crippen LogP contribution in [0.25, 0.3) is 0 Å². The fourth-order valence-electron chi connectivity index (χ4n) is 6.19. The molecule has 1 aromatic carbocycles. The number of piperidine rings is 2. The Labute approximate surface area is 209 Å². The minimum Gasteiger partial charge on any atom is -0.459 e. The van der Waals surface area contributed by atoms with Crippen molar-refractivity contribution in [1.82, 2.24) is 10.1 Å². The van der Waals surface area contributed by atoms with Crippen molar-refractivity contribution >= 4 is 11.9 Å². The average molecular weight is 491 g/mol. The van der Waals surface area contributed by atoms with Crippen LogP contribution in [-0.2, 0) is 14.3 Å². The third kappa shape index (κ3) is 5.88. The number of ether oxygens (including phenoxy) is 2. The highest BCUT2D eigenvalue weighted by molar-refractivity contribution is 5.93. The van der Waals surface area contributed by atoms with Gasteiger partial charge in [0.15, 0.2) is 0 Å². The number of benzene rings is 1. The molecule has 0 amide bonds. The maximum absolute atomic E-state index is 12.8. The highest BCUT2D eigenvalue weighted by Crippen LogP contribution is 2.40. The quantitative estimate of drug-likeness (QED) is 0.577. The Hall–Kier alpha value is -2.00. The summed E-state index contributed by atoms with van der Waals surface area (Å²) in [4.78, 5) is 31.2. The topological polar surface area (TPSA) is 88.5 Å². The first-order valence-electron chi connectivity index (χ1n) is 12.3. The van der Waals surface area contributed by atoms with Gasteiger partial charge in [-0.3, -0.25) is 0 Å². The van der Waals surface area contributed by atoms with E-state index in [-0.39, 0.29) is 23.3 Å². The lowest BCUT2D eigenvalue weighted by molar-refractivity contribution is -0.276. The van der Waals surface area contributed by atoms with E-state index in [9.17, 15) is 14.8 Å². The van der Waals surface area contributed by atoms with Crippen molar-refractivity contribution in [2.75, 3.05) is 7.11 Å². The molecule has 2 heterocycles. The van der Waals surface area contributed by atoms with Crippen LogP contribution in [0.4, 0.5) is 0 Å². The predicted octanol–water partition coefficient (Wildman–Crippen LogP) is 4.99. The number of hydrogen-bond donors (Lipinski definition) is 1. The van der Waals surface area contributed by atoms with Gasteiger partial charge in [-0.15, -0.1) is 0 Å². The van der Waals surface area contributed by atoms with Crippen molar-refractivity contribution in [2.45, 2.75) is 115 Å². The van der Waals surface area contributed by atoms with Gasteiger partial charge in [-0.1, -0.05) is 0 Å². The molecule has 8 nitrogen and oxygen atoms in total. The summed E-state index contributed by atoms with van der Waals surface area (Å²) in [5, 5.41) is 13.8. The van der Waals surface area contributed by atoms with Gasteiger partial charge in [0.2, 0.25) is 0 Å². The number of esters is 2. The number of carbonyl (C=O) groups is 2. The van der Waals surface area contributed by atoms with E-state index >= 15 is 0 Å². The first-order valence-corrected chi connectivity index (χ1v) is 12.3. The number of rotatable bonds is 5. The van der Waals surface area contributed by atoms with Gasteiger partial charge >= 0.3 is 11.9 Å². The molecule has 196 valence electrons. The van der Waals surface area contributed by atoms with E-state index in [1.807, 2.05) is 32.8 Å². The van der Waals surface area contributed by atoms with Crippen LogP contribution in [0.15, 0.2) is 24.3 Å². The zero-order valence-electron chi connectivity index (χ0n) is 22.7. The zero-order chi connectivity index (χ0) is 26.4. The summed E-state index contributed by atoms with van der Waals surface area (Å²) in [6.45, 7) is 16.0. The first-order chi connectivity index (χ1) is 16.0. The van der Waals surface area contributed by atoms with Gasteiger partial charge < -0.3 is 19.5 Å².